The Kier molecular flexibility index (Phi) is 4.93. The average Bonchev–Trinajstić information content (AvgIpc) is 3.04. The molecule has 0 unspecified atom stereocenters. The van der Waals surface area contributed by atoms with Crippen molar-refractivity contribution in [3.63, 3.8) is 0 Å². The molecule has 3 rings (SSSR count). The summed E-state index contributed by atoms with van der Waals surface area (Å²) in [5, 5.41) is 7.35. The van der Waals surface area contributed by atoms with Crippen LogP contribution in [-0.4, -0.2) is 21.6 Å². The molecule has 0 spiro atoms. The summed E-state index contributed by atoms with van der Waals surface area (Å²) >= 11 is 2.89. The van der Waals surface area contributed by atoms with E-state index < -0.39 is 0 Å². The first-order chi connectivity index (χ1) is 11.2. The lowest BCUT2D eigenvalue weighted by Gasteiger charge is -2.09. The molecule has 0 saturated carbocycles. The van der Waals surface area contributed by atoms with Crippen molar-refractivity contribution in [2.75, 3.05) is 11.1 Å². The van der Waals surface area contributed by atoms with Gasteiger partial charge in [-0.1, -0.05) is 30.3 Å². The lowest BCUT2D eigenvalue weighted by atomic mass is 10.1. The third-order valence-electron chi connectivity index (χ3n) is 3.41. The summed E-state index contributed by atoms with van der Waals surface area (Å²) in [5.74, 6) is 0.273. The molecule has 4 nitrogen and oxygen atoms in total. The summed E-state index contributed by atoms with van der Waals surface area (Å²) in [6.45, 7) is 4.19. The van der Waals surface area contributed by atoms with E-state index in [1.807, 2.05) is 11.4 Å². The van der Waals surface area contributed by atoms with Gasteiger partial charge in [0.25, 0.3) is 0 Å². The highest BCUT2D eigenvalue weighted by Gasteiger charge is 2.10. The van der Waals surface area contributed by atoms with E-state index in [2.05, 4.69) is 42.3 Å². The maximum Gasteiger partial charge on any atom is 0.236 e. The number of fused-ring (bicyclic) bond motifs is 1. The average molecular weight is 343 g/mol. The molecule has 0 aliphatic rings. The Morgan fingerprint density at radius 2 is 2.22 bits per heavy atom. The Balaban J connectivity index is 1.76. The first kappa shape index (κ1) is 16.0. The minimum absolute atomic E-state index is 0.0576. The highest BCUT2D eigenvalue weighted by Crippen LogP contribution is 2.26. The van der Waals surface area contributed by atoms with Crippen LogP contribution in [0.15, 0.2) is 40.9 Å². The molecule has 118 valence electrons. The zero-order chi connectivity index (χ0) is 16.2. The van der Waals surface area contributed by atoms with Crippen LogP contribution in [0.1, 0.15) is 18.1 Å². The number of hydrogen-bond acceptors (Lipinski definition) is 5. The fourth-order valence-corrected chi connectivity index (χ4v) is 3.71. The van der Waals surface area contributed by atoms with Crippen LogP contribution in [-0.2, 0) is 11.2 Å². The van der Waals surface area contributed by atoms with Crippen LogP contribution in [0.5, 0.6) is 0 Å². The quantitative estimate of drug-likeness (QED) is 0.702. The van der Waals surface area contributed by atoms with Gasteiger partial charge in [0, 0.05) is 17.0 Å². The summed E-state index contributed by atoms with van der Waals surface area (Å²) in [4.78, 5) is 20.8. The number of amides is 1. The van der Waals surface area contributed by atoms with Crippen LogP contribution in [0, 0.1) is 6.92 Å². The molecule has 3 aromatic rings. The number of anilines is 1. The van der Waals surface area contributed by atoms with E-state index in [4.69, 9.17) is 4.98 Å². The summed E-state index contributed by atoms with van der Waals surface area (Å²) in [7, 11) is 0. The van der Waals surface area contributed by atoms with Gasteiger partial charge in [0.05, 0.1) is 11.3 Å². The molecule has 1 amide bonds. The van der Waals surface area contributed by atoms with Crippen molar-refractivity contribution in [1.82, 2.24) is 9.97 Å². The van der Waals surface area contributed by atoms with Crippen molar-refractivity contribution in [3.05, 3.63) is 47.0 Å². The number of carbonyl (C=O) groups excluding carboxylic acids is 1. The normalized spacial score (nSPS) is 10.9. The molecular formula is C17H17N3OS2. The summed E-state index contributed by atoms with van der Waals surface area (Å²) < 4.78 is 0. The molecule has 1 aromatic carbocycles. The Labute approximate surface area is 143 Å². The first-order valence-electron chi connectivity index (χ1n) is 7.38. The highest BCUT2D eigenvalue weighted by atomic mass is 32.2. The molecule has 1 N–H and O–H groups in total. The first-order valence-corrected chi connectivity index (χ1v) is 9.24. The molecule has 0 atom stereocenters. The molecule has 23 heavy (non-hydrogen) atoms. The number of pyridine rings is 1. The molecule has 0 fully saturated rings. The van der Waals surface area contributed by atoms with Crippen LogP contribution in [0.25, 0.3) is 10.9 Å². The molecule has 6 heteroatoms. The SMILES string of the molecule is CCc1cc2cc(C)ccc2nc1SCC(=O)Nc1nccs1. The summed E-state index contributed by atoms with van der Waals surface area (Å²) in [6, 6.07) is 8.41. The third-order valence-corrected chi connectivity index (χ3v) is 5.13. The molecule has 0 aliphatic heterocycles. The van der Waals surface area contributed by atoms with Crippen LogP contribution >= 0.6 is 23.1 Å². The molecule has 2 heterocycles. The number of aromatic nitrogens is 2. The van der Waals surface area contributed by atoms with E-state index in [1.54, 1.807) is 6.20 Å². The van der Waals surface area contributed by atoms with Gasteiger partial charge in [0.15, 0.2) is 5.13 Å². The Morgan fingerprint density at radius 1 is 1.35 bits per heavy atom. The zero-order valence-electron chi connectivity index (χ0n) is 13.0. The van der Waals surface area contributed by atoms with Crippen molar-refractivity contribution < 1.29 is 4.79 Å². The lowest BCUT2D eigenvalue weighted by Crippen LogP contribution is -2.14. The molecule has 0 saturated heterocycles. The maximum atomic E-state index is 12.0. The van der Waals surface area contributed by atoms with E-state index >= 15 is 0 Å². The van der Waals surface area contributed by atoms with Gasteiger partial charge in [-0.15, -0.1) is 11.3 Å². The number of benzene rings is 1. The van der Waals surface area contributed by atoms with Gasteiger partial charge in [-0.3, -0.25) is 4.79 Å². The smallest absolute Gasteiger partial charge is 0.236 e. The van der Waals surface area contributed by atoms with Crippen LogP contribution in [0.3, 0.4) is 0 Å². The minimum Gasteiger partial charge on any atom is -0.301 e. The van der Waals surface area contributed by atoms with Crippen LogP contribution < -0.4 is 5.32 Å². The number of nitrogens with one attached hydrogen (secondary N) is 1. The van der Waals surface area contributed by atoms with Gasteiger partial charge in [-0.2, -0.15) is 0 Å². The van der Waals surface area contributed by atoms with Crippen molar-refractivity contribution in [3.8, 4) is 0 Å². The van der Waals surface area contributed by atoms with Crippen molar-refractivity contribution in [1.29, 1.82) is 0 Å². The number of thiazole rings is 1. The molecule has 0 radical (unpaired) electrons. The lowest BCUT2D eigenvalue weighted by molar-refractivity contribution is -0.113. The topological polar surface area (TPSA) is 54.9 Å². The van der Waals surface area contributed by atoms with Gasteiger partial charge in [0.2, 0.25) is 5.91 Å². The van der Waals surface area contributed by atoms with E-state index in [1.165, 1.54) is 34.2 Å². The largest absolute Gasteiger partial charge is 0.301 e. The van der Waals surface area contributed by atoms with Crippen LogP contribution in [0.4, 0.5) is 5.13 Å². The third kappa shape index (κ3) is 3.89. The highest BCUT2D eigenvalue weighted by molar-refractivity contribution is 8.00. The molecule has 2 aromatic heterocycles. The Bertz CT molecular complexity index is 831. The molecule has 0 aliphatic carbocycles. The van der Waals surface area contributed by atoms with E-state index in [-0.39, 0.29) is 5.91 Å². The number of nitrogens with zero attached hydrogens (tertiary/aromatic N) is 2. The Morgan fingerprint density at radius 3 is 2.96 bits per heavy atom. The summed E-state index contributed by atoms with van der Waals surface area (Å²) in [6.07, 6.45) is 2.57. The van der Waals surface area contributed by atoms with Gasteiger partial charge in [-0.05, 0) is 37.1 Å². The summed E-state index contributed by atoms with van der Waals surface area (Å²) in [5.41, 5.74) is 3.37. The van der Waals surface area contributed by atoms with Gasteiger partial charge in [-0.25, -0.2) is 9.97 Å². The van der Waals surface area contributed by atoms with Crippen molar-refractivity contribution in [2.45, 2.75) is 25.3 Å². The Hall–Kier alpha value is -1.92. The van der Waals surface area contributed by atoms with Gasteiger partial charge < -0.3 is 5.32 Å². The zero-order valence-corrected chi connectivity index (χ0v) is 14.6. The van der Waals surface area contributed by atoms with Crippen molar-refractivity contribution in [2.24, 2.45) is 0 Å². The molecular weight excluding hydrogens is 326 g/mol. The standard InChI is InChI=1S/C17H17N3OS2/c1-3-12-9-13-8-11(2)4-5-14(13)19-16(12)23-10-15(21)20-17-18-6-7-22-17/h4-9H,3,10H2,1-2H3,(H,18,20,21). The predicted octanol–water partition coefficient (Wildman–Crippen LogP) is 4.29. The maximum absolute atomic E-state index is 12.0. The van der Waals surface area contributed by atoms with Gasteiger partial charge in [0.1, 0.15) is 5.03 Å². The van der Waals surface area contributed by atoms with E-state index in [9.17, 15) is 4.79 Å². The van der Waals surface area contributed by atoms with Crippen molar-refractivity contribution >= 4 is 45.0 Å². The fourth-order valence-electron chi connectivity index (χ4n) is 2.27. The van der Waals surface area contributed by atoms with E-state index in [0.29, 0.717) is 10.9 Å². The second-order valence-electron chi connectivity index (χ2n) is 5.18. The monoisotopic (exact) mass is 343 g/mol. The second kappa shape index (κ2) is 7.10. The minimum atomic E-state index is -0.0576. The molecule has 0 bridgehead atoms. The van der Waals surface area contributed by atoms with Gasteiger partial charge >= 0.3 is 0 Å². The number of aryl methyl sites for hydroxylation is 2. The number of thioether (sulfide) groups is 1. The number of hydrogen-bond donors (Lipinski definition) is 1. The van der Waals surface area contributed by atoms with E-state index in [0.717, 1.165) is 22.3 Å². The van der Waals surface area contributed by atoms with Crippen LogP contribution in [0.2, 0.25) is 0 Å². The predicted molar refractivity (Wildman–Crippen MR) is 97.3 cm³/mol. The number of rotatable bonds is 5. The number of carbonyl (C=O) groups is 1. The second-order valence-corrected chi connectivity index (χ2v) is 7.04. The fraction of sp³-hybridized carbons (Fsp3) is 0.235.